The van der Waals surface area contributed by atoms with E-state index in [0.29, 0.717) is 30.1 Å². The van der Waals surface area contributed by atoms with E-state index >= 15 is 0 Å². The van der Waals surface area contributed by atoms with Gasteiger partial charge in [-0.3, -0.25) is 0 Å². The lowest BCUT2D eigenvalue weighted by Gasteiger charge is -2.26. The molecule has 4 heteroatoms. The molecule has 2 fully saturated rings. The summed E-state index contributed by atoms with van der Waals surface area (Å²) in [6, 6.07) is 4.69. The molecule has 1 aromatic rings. The van der Waals surface area contributed by atoms with E-state index in [1.165, 1.54) is 43.9 Å². The second-order valence-electron chi connectivity index (χ2n) is 6.02. The Morgan fingerprint density at radius 3 is 2.85 bits per heavy atom. The standard InChI is InChI=1S/C16H22F2N2/c17-12-6-7-14(18)11(9-12)10-20-16-4-1-3-13(16)15-5-2-8-19-15/h6-7,9,13,15-16,19-20H,1-5,8,10H2. The lowest BCUT2D eigenvalue weighted by molar-refractivity contribution is 0.318. The van der Waals surface area contributed by atoms with Gasteiger partial charge in [0.05, 0.1) is 0 Å². The van der Waals surface area contributed by atoms with Crippen molar-refractivity contribution < 1.29 is 8.78 Å². The molecule has 1 saturated carbocycles. The maximum atomic E-state index is 13.6. The Balaban J connectivity index is 1.60. The monoisotopic (exact) mass is 280 g/mol. The summed E-state index contributed by atoms with van der Waals surface area (Å²) in [5.41, 5.74) is 0.426. The van der Waals surface area contributed by atoms with Crippen LogP contribution in [0.15, 0.2) is 18.2 Å². The quantitative estimate of drug-likeness (QED) is 0.886. The lowest BCUT2D eigenvalue weighted by atomic mass is 9.93. The van der Waals surface area contributed by atoms with Crippen molar-refractivity contribution in [1.29, 1.82) is 0 Å². The van der Waals surface area contributed by atoms with Crippen LogP contribution in [0, 0.1) is 17.6 Å². The second-order valence-corrected chi connectivity index (χ2v) is 6.02. The summed E-state index contributed by atoms with van der Waals surface area (Å²) >= 11 is 0. The molecule has 2 aliphatic rings. The van der Waals surface area contributed by atoms with Crippen LogP contribution in [-0.4, -0.2) is 18.6 Å². The van der Waals surface area contributed by atoms with Gasteiger partial charge in [0.1, 0.15) is 11.6 Å². The Hall–Kier alpha value is -1.00. The SMILES string of the molecule is Fc1ccc(F)c(CNC2CCCC2C2CCCN2)c1. The van der Waals surface area contributed by atoms with Crippen LogP contribution in [0.4, 0.5) is 8.78 Å². The fraction of sp³-hybridized carbons (Fsp3) is 0.625. The Morgan fingerprint density at radius 2 is 2.05 bits per heavy atom. The molecule has 0 radical (unpaired) electrons. The van der Waals surface area contributed by atoms with Gasteiger partial charge in [-0.1, -0.05) is 6.42 Å². The van der Waals surface area contributed by atoms with Crippen molar-refractivity contribution in [2.24, 2.45) is 5.92 Å². The van der Waals surface area contributed by atoms with Crippen molar-refractivity contribution in [1.82, 2.24) is 10.6 Å². The molecule has 110 valence electrons. The first-order valence-electron chi connectivity index (χ1n) is 7.65. The molecule has 3 rings (SSSR count). The van der Waals surface area contributed by atoms with Crippen LogP contribution in [-0.2, 0) is 6.54 Å². The first-order chi connectivity index (χ1) is 9.74. The van der Waals surface area contributed by atoms with Crippen molar-refractivity contribution in [3.05, 3.63) is 35.4 Å². The summed E-state index contributed by atoms with van der Waals surface area (Å²) < 4.78 is 26.8. The number of hydrogen-bond donors (Lipinski definition) is 2. The molecule has 0 bridgehead atoms. The predicted molar refractivity (Wildman–Crippen MR) is 75.4 cm³/mol. The highest BCUT2D eigenvalue weighted by atomic mass is 19.1. The van der Waals surface area contributed by atoms with Crippen LogP contribution in [0.2, 0.25) is 0 Å². The topological polar surface area (TPSA) is 24.1 Å². The first-order valence-corrected chi connectivity index (χ1v) is 7.65. The third kappa shape index (κ3) is 3.01. The van der Waals surface area contributed by atoms with Gasteiger partial charge in [0, 0.05) is 24.2 Å². The molecule has 1 aliphatic heterocycles. The maximum absolute atomic E-state index is 13.6. The Labute approximate surface area is 118 Å². The van der Waals surface area contributed by atoms with Gasteiger partial charge in [-0.2, -0.15) is 0 Å². The van der Waals surface area contributed by atoms with Gasteiger partial charge in [-0.05, 0) is 56.3 Å². The smallest absolute Gasteiger partial charge is 0.127 e. The van der Waals surface area contributed by atoms with Crippen LogP contribution >= 0.6 is 0 Å². The largest absolute Gasteiger partial charge is 0.314 e. The summed E-state index contributed by atoms with van der Waals surface area (Å²) in [5, 5.41) is 7.02. The molecule has 1 aromatic carbocycles. The van der Waals surface area contributed by atoms with Gasteiger partial charge in [0.15, 0.2) is 0 Å². The van der Waals surface area contributed by atoms with E-state index in [0.717, 1.165) is 13.0 Å². The fourth-order valence-electron chi connectivity index (χ4n) is 3.72. The van der Waals surface area contributed by atoms with Crippen molar-refractivity contribution in [2.75, 3.05) is 6.54 Å². The first kappa shape index (κ1) is 14.0. The molecule has 0 aromatic heterocycles. The summed E-state index contributed by atoms with van der Waals surface area (Å²) in [7, 11) is 0. The third-order valence-corrected chi connectivity index (χ3v) is 4.75. The fourth-order valence-corrected chi connectivity index (χ4v) is 3.72. The molecule has 0 amide bonds. The Bertz CT molecular complexity index is 458. The van der Waals surface area contributed by atoms with E-state index in [2.05, 4.69) is 10.6 Å². The second kappa shape index (κ2) is 6.19. The molecular weight excluding hydrogens is 258 g/mol. The molecule has 2 N–H and O–H groups in total. The normalized spacial score (nSPS) is 30.0. The van der Waals surface area contributed by atoms with E-state index in [1.807, 2.05) is 0 Å². The molecule has 3 unspecified atom stereocenters. The van der Waals surface area contributed by atoms with E-state index in [9.17, 15) is 8.78 Å². The summed E-state index contributed by atoms with van der Waals surface area (Å²) in [6.07, 6.45) is 6.11. The van der Waals surface area contributed by atoms with E-state index < -0.39 is 0 Å². The van der Waals surface area contributed by atoms with Crippen LogP contribution in [0.5, 0.6) is 0 Å². The van der Waals surface area contributed by atoms with Crippen LogP contribution in [0.1, 0.15) is 37.7 Å². The minimum atomic E-state index is -0.372. The number of hydrogen-bond acceptors (Lipinski definition) is 2. The number of rotatable bonds is 4. The summed E-state index contributed by atoms with van der Waals surface area (Å²) in [4.78, 5) is 0. The number of benzene rings is 1. The molecule has 3 atom stereocenters. The third-order valence-electron chi connectivity index (χ3n) is 4.75. The minimum Gasteiger partial charge on any atom is -0.314 e. The zero-order chi connectivity index (χ0) is 13.9. The molecule has 20 heavy (non-hydrogen) atoms. The number of nitrogens with one attached hydrogen (secondary N) is 2. The molecular formula is C16H22F2N2. The van der Waals surface area contributed by atoms with Crippen LogP contribution in [0.3, 0.4) is 0 Å². The van der Waals surface area contributed by atoms with E-state index in [4.69, 9.17) is 0 Å². The van der Waals surface area contributed by atoms with Gasteiger partial charge >= 0.3 is 0 Å². The van der Waals surface area contributed by atoms with Gasteiger partial charge in [0.2, 0.25) is 0 Å². The summed E-state index contributed by atoms with van der Waals surface area (Å²) in [5.74, 6) is -0.0646. The van der Waals surface area contributed by atoms with E-state index in [-0.39, 0.29) is 11.6 Å². The molecule has 1 heterocycles. The highest BCUT2D eigenvalue weighted by Crippen LogP contribution is 2.32. The molecule has 1 saturated heterocycles. The minimum absolute atomic E-state index is 0.326. The zero-order valence-electron chi connectivity index (χ0n) is 11.7. The Kier molecular flexibility index (Phi) is 4.32. The molecule has 1 aliphatic carbocycles. The van der Waals surface area contributed by atoms with Gasteiger partial charge in [-0.15, -0.1) is 0 Å². The van der Waals surface area contributed by atoms with Crippen molar-refractivity contribution >= 4 is 0 Å². The van der Waals surface area contributed by atoms with Gasteiger partial charge in [0.25, 0.3) is 0 Å². The van der Waals surface area contributed by atoms with Crippen LogP contribution < -0.4 is 10.6 Å². The maximum Gasteiger partial charge on any atom is 0.127 e. The predicted octanol–water partition coefficient (Wildman–Crippen LogP) is 2.98. The molecule has 2 nitrogen and oxygen atoms in total. The zero-order valence-corrected chi connectivity index (χ0v) is 11.7. The average molecular weight is 280 g/mol. The average Bonchev–Trinajstić information content (AvgIpc) is 3.09. The highest BCUT2D eigenvalue weighted by Gasteiger charge is 2.34. The lowest BCUT2D eigenvalue weighted by Crippen LogP contribution is -2.41. The number of halogens is 2. The van der Waals surface area contributed by atoms with Gasteiger partial charge < -0.3 is 10.6 Å². The van der Waals surface area contributed by atoms with Crippen molar-refractivity contribution in [3.8, 4) is 0 Å². The van der Waals surface area contributed by atoms with Crippen LogP contribution in [0.25, 0.3) is 0 Å². The summed E-state index contributed by atoms with van der Waals surface area (Å²) in [6.45, 7) is 1.53. The van der Waals surface area contributed by atoms with Gasteiger partial charge in [-0.25, -0.2) is 8.78 Å². The van der Waals surface area contributed by atoms with Crippen molar-refractivity contribution in [3.63, 3.8) is 0 Å². The van der Waals surface area contributed by atoms with Crippen molar-refractivity contribution in [2.45, 2.75) is 50.7 Å². The highest BCUT2D eigenvalue weighted by molar-refractivity contribution is 5.18. The molecule has 0 spiro atoms. The van der Waals surface area contributed by atoms with E-state index in [1.54, 1.807) is 0 Å². The Morgan fingerprint density at radius 1 is 1.15 bits per heavy atom.